The summed E-state index contributed by atoms with van der Waals surface area (Å²) in [6, 6.07) is 17.8. The second-order valence-corrected chi connectivity index (χ2v) is 13.0. The smallest absolute Gasteiger partial charge is 0.348 e. The van der Waals surface area contributed by atoms with Gasteiger partial charge in [0.2, 0.25) is 5.91 Å². The number of fused-ring (bicyclic) bond motifs is 5. The Labute approximate surface area is 248 Å². The largest absolute Gasteiger partial charge is 0.477 e. The van der Waals surface area contributed by atoms with Gasteiger partial charge in [-0.25, -0.2) is 4.79 Å². The van der Waals surface area contributed by atoms with Gasteiger partial charge < -0.3 is 19.3 Å². The maximum atomic E-state index is 14.1. The lowest BCUT2D eigenvalue weighted by Gasteiger charge is -2.37. The molecular formula is C34H34N2O5S. The summed E-state index contributed by atoms with van der Waals surface area (Å²) in [6.45, 7) is 3.60. The number of rotatable bonds is 5. The average molecular weight is 583 g/mol. The summed E-state index contributed by atoms with van der Waals surface area (Å²) < 4.78 is 7.66. The number of ketones is 1. The predicted molar refractivity (Wildman–Crippen MR) is 164 cm³/mol. The van der Waals surface area contributed by atoms with E-state index in [9.17, 15) is 19.5 Å². The zero-order valence-corrected chi connectivity index (χ0v) is 24.5. The first-order valence-corrected chi connectivity index (χ1v) is 15.7. The molecule has 7 rings (SSSR count). The van der Waals surface area contributed by atoms with E-state index >= 15 is 0 Å². The number of aromatic carboxylic acids is 1. The minimum Gasteiger partial charge on any atom is -0.477 e. The standard InChI is InChI=1S/C34H34N2O5S/c1-20-6-8-21(9-7-20)33(38)36(24-12-14-41-15-13-24)29-18-31(42-32(29)34(39)40)23-10-11-25-26(16-23)30(37)19-35-27-5-3-2-4-22(27)17-28(25)35/h2-5,10-11,16-18,20-21,24H,6-9,12-15,19H2,1H3,(H,39,40). The zero-order valence-electron chi connectivity index (χ0n) is 23.7. The number of para-hydroxylation sites is 1. The number of thiophene rings is 1. The summed E-state index contributed by atoms with van der Waals surface area (Å²) in [5.41, 5.74) is 4.83. The van der Waals surface area contributed by atoms with E-state index in [4.69, 9.17) is 4.74 Å². The number of aromatic nitrogens is 1. The van der Waals surface area contributed by atoms with Gasteiger partial charge in [0.15, 0.2) is 5.78 Å². The number of carboxylic acid groups (broad SMARTS) is 1. The van der Waals surface area contributed by atoms with E-state index < -0.39 is 5.97 Å². The van der Waals surface area contributed by atoms with Crippen LogP contribution in [0.3, 0.4) is 0 Å². The van der Waals surface area contributed by atoms with Gasteiger partial charge in [-0.1, -0.05) is 37.3 Å². The fourth-order valence-electron chi connectivity index (χ4n) is 6.98. The normalized spacial score (nSPS) is 20.7. The summed E-state index contributed by atoms with van der Waals surface area (Å²) >= 11 is 1.18. The monoisotopic (exact) mass is 582 g/mol. The Morgan fingerprint density at radius 2 is 1.71 bits per heavy atom. The van der Waals surface area contributed by atoms with Crippen molar-refractivity contribution in [1.29, 1.82) is 0 Å². The maximum Gasteiger partial charge on any atom is 0.348 e. The van der Waals surface area contributed by atoms with Gasteiger partial charge in [0, 0.05) is 52.1 Å². The van der Waals surface area contributed by atoms with Crippen molar-refractivity contribution in [2.75, 3.05) is 18.1 Å². The number of carboxylic acids is 1. The molecule has 216 valence electrons. The Bertz CT molecular complexity index is 1700. The lowest BCUT2D eigenvalue weighted by Crippen LogP contribution is -2.47. The van der Waals surface area contributed by atoms with Gasteiger partial charge in [-0.05, 0) is 74.3 Å². The highest BCUT2D eigenvalue weighted by Gasteiger charge is 2.37. The Morgan fingerprint density at radius 1 is 0.952 bits per heavy atom. The first-order valence-electron chi connectivity index (χ1n) is 14.9. The molecule has 8 heteroatoms. The van der Waals surface area contributed by atoms with E-state index in [1.54, 1.807) is 4.90 Å². The molecule has 0 radical (unpaired) electrons. The third kappa shape index (κ3) is 4.67. The number of benzene rings is 2. The molecule has 3 aliphatic rings. The molecule has 1 N–H and O–H groups in total. The molecule has 1 aliphatic carbocycles. The van der Waals surface area contributed by atoms with Crippen LogP contribution in [0, 0.1) is 11.8 Å². The third-order valence-electron chi connectivity index (χ3n) is 9.32. The van der Waals surface area contributed by atoms with Crippen LogP contribution in [0.5, 0.6) is 0 Å². The lowest BCUT2D eigenvalue weighted by atomic mass is 9.82. The van der Waals surface area contributed by atoms with Crippen LogP contribution in [-0.4, -0.2) is 46.6 Å². The van der Waals surface area contributed by atoms with Crippen molar-refractivity contribution < 1.29 is 24.2 Å². The fourth-order valence-corrected chi connectivity index (χ4v) is 7.97. The van der Waals surface area contributed by atoms with Gasteiger partial charge in [0.05, 0.1) is 17.9 Å². The van der Waals surface area contributed by atoms with Gasteiger partial charge in [0.25, 0.3) is 0 Å². The number of nitrogens with zero attached hydrogens (tertiary/aromatic N) is 2. The second kappa shape index (κ2) is 10.8. The van der Waals surface area contributed by atoms with Crippen LogP contribution in [0.1, 0.15) is 65.5 Å². The quantitative estimate of drug-likeness (QED) is 0.267. The molecule has 4 aromatic rings. The highest BCUT2D eigenvalue weighted by Crippen LogP contribution is 2.43. The molecule has 42 heavy (non-hydrogen) atoms. The molecule has 2 aromatic heterocycles. The summed E-state index contributed by atoms with van der Waals surface area (Å²) in [4.78, 5) is 42.8. The Hall–Kier alpha value is -3.75. The molecular weight excluding hydrogens is 548 g/mol. The minimum atomic E-state index is -1.04. The van der Waals surface area contributed by atoms with Gasteiger partial charge >= 0.3 is 5.97 Å². The Kier molecular flexibility index (Phi) is 6.98. The topological polar surface area (TPSA) is 88.8 Å². The molecule has 2 fully saturated rings. The van der Waals surface area contributed by atoms with Crippen molar-refractivity contribution in [1.82, 2.24) is 4.57 Å². The average Bonchev–Trinajstić information content (AvgIpc) is 3.61. The fraction of sp³-hybridized carbons (Fsp3) is 0.382. The highest BCUT2D eigenvalue weighted by molar-refractivity contribution is 7.18. The number of Topliss-reactive ketones (excluding diaryl/α,β-unsaturated/α-hetero) is 1. The van der Waals surface area contributed by atoms with E-state index in [1.807, 2.05) is 42.5 Å². The van der Waals surface area contributed by atoms with Crippen LogP contribution in [0.4, 0.5) is 5.69 Å². The molecule has 7 nitrogen and oxygen atoms in total. The van der Waals surface area contributed by atoms with Crippen LogP contribution in [0.2, 0.25) is 0 Å². The van der Waals surface area contributed by atoms with E-state index in [0.29, 0.717) is 43.2 Å². The molecule has 0 spiro atoms. The molecule has 1 saturated carbocycles. The molecule has 0 bridgehead atoms. The summed E-state index contributed by atoms with van der Waals surface area (Å²) in [7, 11) is 0. The van der Waals surface area contributed by atoms with Crippen molar-refractivity contribution in [2.24, 2.45) is 11.8 Å². The van der Waals surface area contributed by atoms with Gasteiger partial charge in [-0.3, -0.25) is 9.59 Å². The Morgan fingerprint density at radius 3 is 2.48 bits per heavy atom. The van der Waals surface area contributed by atoms with Crippen LogP contribution >= 0.6 is 11.3 Å². The molecule has 2 aromatic carbocycles. The molecule has 0 unspecified atom stereocenters. The van der Waals surface area contributed by atoms with E-state index in [1.165, 1.54) is 11.3 Å². The first kappa shape index (κ1) is 27.1. The summed E-state index contributed by atoms with van der Waals surface area (Å²) in [5.74, 6) is -0.458. The molecule has 1 amide bonds. The van der Waals surface area contributed by atoms with Gasteiger partial charge in [0.1, 0.15) is 4.88 Å². The number of amides is 1. The minimum absolute atomic E-state index is 0.0291. The molecule has 0 atom stereocenters. The van der Waals surface area contributed by atoms with Crippen LogP contribution in [0.25, 0.3) is 32.6 Å². The number of carbonyl (C=O) groups excluding carboxylic acids is 2. The van der Waals surface area contributed by atoms with E-state index in [2.05, 4.69) is 23.6 Å². The number of hydrogen-bond donors (Lipinski definition) is 1. The molecule has 4 heterocycles. The SMILES string of the molecule is CC1CCC(C(=O)N(c2cc(-c3ccc4c(c3)C(=O)Cn3c-4cc4ccccc43)sc2C(=O)O)C2CCOCC2)CC1. The van der Waals surface area contributed by atoms with Crippen molar-refractivity contribution in [3.8, 4) is 21.7 Å². The third-order valence-corrected chi connectivity index (χ3v) is 10.5. The zero-order chi connectivity index (χ0) is 29.0. The van der Waals surface area contributed by atoms with Crippen molar-refractivity contribution in [3.05, 3.63) is 65.0 Å². The molecule has 1 saturated heterocycles. The van der Waals surface area contributed by atoms with Crippen LogP contribution < -0.4 is 4.90 Å². The number of hydrogen-bond acceptors (Lipinski definition) is 5. The first-order chi connectivity index (χ1) is 20.4. The summed E-state index contributed by atoms with van der Waals surface area (Å²) in [6.07, 6.45) is 5.06. The lowest BCUT2D eigenvalue weighted by molar-refractivity contribution is -0.124. The van der Waals surface area contributed by atoms with Gasteiger partial charge in [-0.2, -0.15) is 0 Å². The van der Waals surface area contributed by atoms with E-state index in [-0.39, 0.29) is 35.1 Å². The Balaban J connectivity index is 1.29. The predicted octanol–water partition coefficient (Wildman–Crippen LogP) is 7.27. The maximum absolute atomic E-state index is 14.1. The van der Waals surface area contributed by atoms with Crippen molar-refractivity contribution in [3.63, 3.8) is 0 Å². The van der Waals surface area contributed by atoms with Crippen molar-refractivity contribution >= 4 is 45.6 Å². The van der Waals surface area contributed by atoms with E-state index in [0.717, 1.165) is 58.3 Å². The van der Waals surface area contributed by atoms with Crippen LogP contribution in [0.15, 0.2) is 54.6 Å². The number of ether oxygens (including phenoxy) is 1. The summed E-state index contributed by atoms with van der Waals surface area (Å²) in [5, 5.41) is 11.4. The molecule has 2 aliphatic heterocycles. The highest BCUT2D eigenvalue weighted by atomic mass is 32.1. The number of anilines is 1. The van der Waals surface area contributed by atoms with Crippen LogP contribution in [-0.2, 0) is 16.1 Å². The number of carbonyl (C=O) groups is 3. The second-order valence-electron chi connectivity index (χ2n) is 12.0. The van der Waals surface area contributed by atoms with Gasteiger partial charge in [-0.15, -0.1) is 11.3 Å². The van der Waals surface area contributed by atoms with Crippen molar-refractivity contribution in [2.45, 2.75) is 58.0 Å².